The number of nitrogen functional groups attached to an aromatic ring is 1. The number of aryl methyl sites for hydroxylation is 3. The standard InChI is InChI=1S/C9H14N6O/c1-4-6-7(10)8(15(3)12-6)16-9-11-5-14(2)13-9/h5H,4,10H2,1-3H3. The number of nitrogens with zero attached hydrogens (tertiary/aromatic N) is 5. The van der Waals surface area contributed by atoms with E-state index in [0.717, 1.165) is 12.1 Å². The van der Waals surface area contributed by atoms with Gasteiger partial charge in [0.2, 0.25) is 5.88 Å². The highest BCUT2D eigenvalue weighted by Crippen LogP contribution is 2.27. The molecule has 2 aromatic heterocycles. The first-order chi connectivity index (χ1) is 7.61. The van der Waals surface area contributed by atoms with E-state index in [1.165, 1.54) is 0 Å². The van der Waals surface area contributed by atoms with Crippen LogP contribution in [-0.4, -0.2) is 24.5 Å². The van der Waals surface area contributed by atoms with E-state index in [9.17, 15) is 0 Å². The summed E-state index contributed by atoms with van der Waals surface area (Å²) in [4.78, 5) is 3.96. The van der Waals surface area contributed by atoms with Crippen molar-refractivity contribution in [3.8, 4) is 11.9 Å². The molecule has 0 bridgehead atoms. The van der Waals surface area contributed by atoms with Crippen LogP contribution in [-0.2, 0) is 20.5 Å². The molecule has 0 radical (unpaired) electrons. The monoisotopic (exact) mass is 222 g/mol. The number of anilines is 1. The van der Waals surface area contributed by atoms with Crippen molar-refractivity contribution in [2.45, 2.75) is 13.3 Å². The average molecular weight is 222 g/mol. The maximum Gasteiger partial charge on any atom is 0.342 e. The molecule has 0 saturated heterocycles. The normalized spacial score (nSPS) is 10.7. The molecule has 16 heavy (non-hydrogen) atoms. The molecule has 0 saturated carbocycles. The SMILES string of the molecule is CCc1nn(C)c(Oc2ncn(C)n2)c1N. The van der Waals surface area contributed by atoms with E-state index in [2.05, 4.69) is 15.2 Å². The van der Waals surface area contributed by atoms with Gasteiger partial charge in [-0.1, -0.05) is 6.92 Å². The molecule has 0 unspecified atom stereocenters. The second-order valence-electron chi connectivity index (χ2n) is 3.45. The third-order valence-electron chi connectivity index (χ3n) is 2.21. The molecule has 7 nitrogen and oxygen atoms in total. The Morgan fingerprint density at radius 2 is 2.12 bits per heavy atom. The summed E-state index contributed by atoms with van der Waals surface area (Å²) in [5, 5.41) is 8.25. The first-order valence-corrected chi connectivity index (χ1v) is 4.96. The molecule has 0 fully saturated rings. The molecular formula is C9H14N6O. The molecule has 0 aliphatic carbocycles. The first kappa shape index (κ1) is 10.5. The predicted molar refractivity (Wildman–Crippen MR) is 58.1 cm³/mol. The summed E-state index contributed by atoms with van der Waals surface area (Å²) in [5.74, 6) is 0.475. The summed E-state index contributed by atoms with van der Waals surface area (Å²) >= 11 is 0. The van der Waals surface area contributed by atoms with Crippen LogP contribution in [0.25, 0.3) is 0 Å². The minimum atomic E-state index is 0.264. The molecule has 0 aliphatic heterocycles. The highest BCUT2D eigenvalue weighted by Gasteiger charge is 2.15. The average Bonchev–Trinajstić information content (AvgIpc) is 2.77. The van der Waals surface area contributed by atoms with Gasteiger partial charge in [0.1, 0.15) is 12.0 Å². The Kier molecular flexibility index (Phi) is 2.51. The molecule has 0 aliphatic rings. The fraction of sp³-hybridized carbons (Fsp3) is 0.444. The third kappa shape index (κ3) is 1.71. The second-order valence-corrected chi connectivity index (χ2v) is 3.45. The Morgan fingerprint density at radius 1 is 1.38 bits per heavy atom. The van der Waals surface area contributed by atoms with E-state index in [1.807, 2.05) is 6.92 Å². The Hall–Kier alpha value is -2.05. The van der Waals surface area contributed by atoms with Crippen molar-refractivity contribution in [3.63, 3.8) is 0 Å². The summed E-state index contributed by atoms with van der Waals surface area (Å²) < 4.78 is 8.62. The molecule has 0 amide bonds. The molecule has 2 N–H and O–H groups in total. The van der Waals surface area contributed by atoms with Crippen LogP contribution in [0.4, 0.5) is 5.69 Å². The van der Waals surface area contributed by atoms with Gasteiger partial charge >= 0.3 is 6.01 Å². The van der Waals surface area contributed by atoms with Gasteiger partial charge in [-0.05, 0) is 6.42 Å². The van der Waals surface area contributed by atoms with Crippen LogP contribution in [0.5, 0.6) is 11.9 Å². The molecule has 7 heteroatoms. The molecule has 0 atom stereocenters. The Balaban J connectivity index is 2.30. The summed E-state index contributed by atoms with van der Waals surface area (Å²) in [7, 11) is 3.54. The zero-order valence-electron chi connectivity index (χ0n) is 9.51. The Morgan fingerprint density at radius 3 is 2.62 bits per heavy atom. The van der Waals surface area contributed by atoms with Crippen molar-refractivity contribution in [2.24, 2.45) is 14.1 Å². The van der Waals surface area contributed by atoms with Gasteiger partial charge in [0.25, 0.3) is 0 Å². The molecule has 2 aromatic rings. The summed E-state index contributed by atoms with van der Waals surface area (Å²) in [6.45, 7) is 1.99. The molecule has 0 spiro atoms. The van der Waals surface area contributed by atoms with Crippen molar-refractivity contribution < 1.29 is 4.74 Å². The van der Waals surface area contributed by atoms with E-state index >= 15 is 0 Å². The van der Waals surface area contributed by atoms with Gasteiger partial charge < -0.3 is 10.5 Å². The zero-order chi connectivity index (χ0) is 11.7. The van der Waals surface area contributed by atoms with E-state index < -0.39 is 0 Å². The fourth-order valence-electron chi connectivity index (χ4n) is 1.41. The number of hydrogen-bond acceptors (Lipinski definition) is 5. The first-order valence-electron chi connectivity index (χ1n) is 4.96. The van der Waals surface area contributed by atoms with E-state index in [4.69, 9.17) is 10.5 Å². The van der Waals surface area contributed by atoms with Gasteiger partial charge in [0, 0.05) is 14.1 Å². The third-order valence-corrected chi connectivity index (χ3v) is 2.21. The van der Waals surface area contributed by atoms with Gasteiger partial charge in [-0.2, -0.15) is 10.1 Å². The molecular weight excluding hydrogens is 208 g/mol. The Labute approximate surface area is 92.8 Å². The maximum atomic E-state index is 5.90. The molecule has 2 rings (SSSR count). The lowest BCUT2D eigenvalue weighted by Crippen LogP contribution is -1.98. The van der Waals surface area contributed by atoms with Gasteiger partial charge in [-0.15, -0.1) is 5.10 Å². The second kappa shape index (κ2) is 3.84. The lowest BCUT2D eigenvalue weighted by molar-refractivity contribution is 0.399. The summed E-state index contributed by atoms with van der Waals surface area (Å²) in [5.41, 5.74) is 7.25. The van der Waals surface area contributed by atoms with Crippen LogP contribution in [0.15, 0.2) is 6.33 Å². The lowest BCUT2D eigenvalue weighted by atomic mass is 10.3. The summed E-state index contributed by atoms with van der Waals surface area (Å²) in [6.07, 6.45) is 2.32. The predicted octanol–water partition coefficient (Wildman–Crippen LogP) is 0.485. The number of aromatic nitrogens is 5. The van der Waals surface area contributed by atoms with Gasteiger partial charge in [-0.25, -0.2) is 4.68 Å². The molecule has 86 valence electrons. The van der Waals surface area contributed by atoms with Crippen molar-refractivity contribution in [2.75, 3.05) is 5.73 Å². The van der Waals surface area contributed by atoms with Crippen LogP contribution in [0.3, 0.4) is 0 Å². The lowest BCUT2D eigenvalue weighted by Gasteiger charge is -2.01. The van der Waals surface area contributed by atoms with Crippen molar-refractivity contribution in [3.05, 3.63) is 12.0 Å². The van der Waals surface area contributed by atoms with Crippen LogP contribution in [0.1, 0.15) is 12.6 Å². The maximum absolute atomic E-state index is 5.90. The van der Waals surface area contributed by atoms with E-state index in [1.54, 1.807) is 29.8 Å². The van der Waals surface area contributed by atoms with Crippen LogP contribution in [0.2, 0.25) is 0 Å². The van der Waals surface area contributed by atoms with Crippen molar-refractivity contribution >= 4 is 5.69 Å². The minimum Gasteiger partial charge on any atom is -0.402 e. The number of ether oxygens (including phenoxy) is 1. The smallest absolute Gasteiger partial charge is 0.342 e. The topological polar surface area (TPSA) is 83.8 Å². The van der Waals surface area contributed by atoms with Gasteiger partial charge in [0.15, 0.2) is 0 Å². The quantitative estimate of drug-likeness (QED) is 0.816. The van der Waals surface area contributed by atoms with Gasteiger partial charge in [-0.3, -0.25) is 4.68 Å². The van der Waals surface area contributed by atoms with Gasteiger partial charge in [0.05, 0.1) is 5.69 Å². The van der Waals surface area contributed by atoms with E-state index in [-0.39, 0.29) is 6.01 Å². The highest BCUT2D eigenvalue weighted by atomic mass is 16.5. The largest absolute Gasteiger partial charge is 0.402 e. The number of nitrogens with two attached hydrogens (primary N) is 1. The van der Waals surface area contributed by atoms with Crippen molar-refractivity contribution in [1.29, 1.82) is 0 Å². The van der Waals surface area contributed by atoms with Crippen LogP contribution in [0, 0.1) is 0 Å². The Bertz CT molecular complexity index is 500. The van der Waals surface area contributed by atoms with Crippen LogP contribution >= 0.6 is 0 Å². The number of hydrogen-bond donors (Lipinski definition) is 1. The van der Waals surface area contributed by atoms with Crippen molar-refractivity contribution in [1.82, 2.24) is 24.5 Å². The molecule has 2 heterocycles. The zero-order valence-corrected chi connectivity index (χ0v) is 9.51. The summed E-state index contributed by atoms with van der Waals surface area (Å²) in [6, 6.07) is 0.264. The highest BCUT2D eigenvalue weighted by molar-refractivity contribution is 5.53. The fourth-order valence-corrected chi connectivity index (χ4v) is 1.41. The van der Waals surface area contributed by atoms with E-state index in [0.29, 0.717) is 11.6 Å². The molecule has 0 aromatic carbocycles. The number of rotatable bonds is 3. The van der Waals surface area contributed by atoms with Crippen LogP contribution < -0.4 is 10.5 Å². The minimum absolute atomic E-state index is 0.264.